The highest BCUT2D eigenvalue weighted by Crippen LogP contribution is 2.40. The summed E-state index contributed by atoms with van der Waals surface area (Å²) in [7, 11) is 0. The Morgan fingerprint density at radius 3 is 2.68 bits per heavy atom. The second-order valence-corrected chi connectivity index (χ2v) is 6.44. The fourth-order valence-electron chi connectivity index (χ4n) is 2.25. The normalized spacial score (nSPS) is 12.2. The Kier molecular flexibility index (Phi) is 3.48. The van der Waals surface area contributed by atoms with E-state index in [2.05, 4.69) is 4.98 Å². The highest BCUT2D eigenvalue weighted by molar-refractivity contribution is 7.18. The summed E-state index contributed by atoms with van der Waals surface area (Å²) >= 11 is 2.43. The number of hydrogen-bond donors (Lipinski definition) is 1. The minimum atomic E-state index is -4.81. The number of thiophene rings is 1. The van der Waals surface area contributed by atoms with E-state index in [1.165, 1.54) is 11.3 Å². The van der Waals surface area contributed by atoms with E-state index < -0.39 is 23.5 Å². The molecule has 0 amide bonds. The van der Waals surface area contributed by atoms with Crippen LogP contribution in [0.15, 0.2) is 17.5 Å². The van der Waals surface area contributed by atoms with E-state index in [1.54, 1.807) is 17.5 Å². The third-order valence-corrected chi connectivity index (χ3v) is 5.16. The Balaban J connectivity index is 2.43. The zero-order chi connectivity index (χ0) is 16.1. The van der Waals surface area contributed by atoms with Gasteiger partial charge in [0.05, 0.1) is 10.6 Å². The van der Waals surface area contributed by atoms with Crippen molar-refractivity contribution in [1.29, 1.82) is 0 Å². The van der Waals surface area contributed by atoms with Gasteiger partial charge in [-0.15, -0.1) is 22.7 Å². The molecule has 0 aliphatic rings. The maximum atomic E-state index is 13.0. The lowest BCUT2D eigenvalue weighted by Crippen LogP contribution is -2.14. The second kappa shape index (κ2) is 5.10. The molecule has 0 saturated carbocycles. The average molecular weight is 346 g/mol. The van der Waals surface area contributed by atoms with E-state index in [9.17, 15) is 23.1 Å². The van der Waals surface area contributed by atoms with Gasteiger partial charge in [0.25, 0.3) is 0 Å². The highest BCUT2D eigenvalue weighted by atomic mass is 32.1. The largest absolute Gasteiger partial charge is 0.476 e. The van der Waals surface area contributed by atoms with Crippen molar-refractivity contribution in [2.45, 2.75) is 19.5 Å². The number of imidazole rings is 1. The van der Waals surface area contributed by atoms with E-state index in [1.807, 2.05) is 6.92 Å². The number of thiazole rings is 1. The molecule has 4 nitrogen and oxygen atoms in total. The van der Waals surface area contributed by atoms with Crippen molar-refractivity contribution < 1.29 is 23.1 Å². The van der Waals surface area contributed by atoms with Crippen molar-refractivity contribution in [2.24, 2.45) is 0 Å². The van der Waals surface area contributed by atoms with Gasteiger partial charge in [0.15, 0.2) is 16.3 Å². The third kappa shape index (κ3) is 2.20. The zero-order valence-electron chi connectivity index (χ0n) is 11.1. The summed E-state index contributed by atoms with van der Waals surface area (Å²) in [5, 5.41) is 11.1. The monoisotopic (exact) mass is 346 g/mol. The second-order valence-electron chi connectivity index (χ2n) is 4.43. The van der Waals surface area contributed by atoms with Gasteiger partial charge in [-0.2, -0.15) is 13.2 Å². The summed E-state index contributed by atoms with van der Waals surface area (Å²) in [6.07, 6.45) is -4.22. The first kappa shape index (κ1) is 15.0. The van der Waals surface area contributed by atoms with Crippen LogP contribution in [0.1, 0.15) is 28.0 Å². The van der Waals surface area contributed by atoms with Crippen molar-refractivity contribution in [2.75, 3.05) is 0 Å². The molecule has 0 atom stereocenters. The molecular weight excluding hydrogens is 337 g/mol. The topological polar surface area (TPSA) is 54.6 Å². The molecule has 9 heteroatoms. The molecule has 3 aromatic heterocycles. The average Bonchev–Trinajstić information content (AvgIpc) is 3.10. The van der Waals surface area contributed by atoms with E-state index in [-0.39, 0.29) is 4.96 Å². The lowest BCUT2D eigenvalue weighted by atomic mass is 10.2. The summed E-state index contributed by atoms with van der Waals surface area (Å²) in [6.45, 7) is 1.87. The fourth-order valence-corrected chi connectivity index (χ4v) is 4.18. The number of nitrogens with zero attached hydrogens (tertiary/aromatic N) is 2. The molecule has 1 N–H and O–H groups in total. The van der Waals surface area contributed by atoms with Crippen LogP contribution in [0.25, 0.3) is 15.5 Å². The maximum Gasteiger partial charge on any atom is 0.435 e. The van der Waals surface area contributed by atoms with Crippen molar-refractivity contribution >= 4 is 33.6 Å². The molecule has 0 aromatic carbocycles. The Labute approximate surface area is 130 Å². The molecule has 22 heavy (non-hydrogen) atoms. The number of aromatic carboxylic acids is 1. The van der Waals surface area contributed by atoms with Crippen LogP contribution < -0.4 is 0 Å². The Bertz CT molecular complexity index is 847. The van der Waals surface area contributed by atoms with Crippen LogP contribution >= 0.6 is 22.7 Å². The summed E-state index contributed by atoms with van der Waals surface area (Å²) < 4.78 is 40.3. The van der Waals surface area contributed by atoms with Gasteiger partial charge in [0.1, 0.15) is 0 Å². The van der Waals surface area contributed by atoms with E-state index in [0.29, 0.717) is 12.1 Å². The van der Waals surface area contributed by atoms with Gasteiger partial charge in [0, 0.05) is 4.88 Å². The molecule has 116 valence electrons. The number of fused-ring (bicyclic) bond motifs is 1. The molecule has 0 aliphatic carbocycles. The summed E-state index contributed by atoms with van der Waals surface area (Å²) in [6, 6.07) is 3.52. The summed E-state index contributed by atoms with van der Waals surface area (Å²) in [5.74, 6) is -1.64. The van der Waals surface area contributed by atoms with E-state index >= 15 is 0 Å². The predicted molar refractivity (Wildman–Crippen MR) is 77.7 cm³/mol. The van der Waals surface area contributed by atoms with Crippen molar-refractivity contribution in [3.63, 3.8) is 0 Å². The molecule has 3 rings (SSSR count). The van der Waals surface area contributed by atoms with E-state index in [4.69, 9.17) is 0 Å². The van der Waals surface area contributed by atoms with Crippen LogP contribution in [0.5, 0.6) is 0 Å². The van der Waals surface area contributed by atoms with Crippen molar-refractivity contribution in [3.05, 3.63) is 33.8 Å². The first-order chi connectivity index (χ1) is 10.3. The third-order valence-electron chi connectivity index (χ3n) is 3.10. The molecule has 3 aromatic rings. The van der Waals surface area contributed by atoms with Crippen LogP contribution in [0, 0.1) is 0 Å². The number of carboxylic acids is 1. The smallest absolute Gasteiger partial charge is 0.435 e. The van der Waals surface area contributed by atoms with Gasteiger partial charge in [-0.05, 0) is 17.9 Å². The predicted octanol–water partition coefficient (Wildman–Crippen LogP) is 4.40. The lowest BCUT2D eigenvalue weighted by Gasteiger charge is -2.06. The van der Waals surface area contributed by atoms with Crippen molar-refractivity contribution in [1.82, 2.24) is 9.38 Å². The number of halogens is 3. The van der Waals surface area contributed by atoms with Crippen LogP contribution in [0.4, 0.5) is 13.2 Å². The van der Waals surface area contributed by atoms with Gasteiger partial charge < -0.3 is 5.11 Å². The molecule has 0 aliphatic heterocycles. The molecule has 0 fully saturated rings. The van der Waals surface area contributed by atoms with Crippen molar-refractivity contribution in [3.8, 4) is 10.6 Å². The quantitative estimate of drug-likeness (QED) is 0.764. The SMILES string of the molecule is CCc1sc2nc(C(F)(F)F)c(C(=O)O)n2c1-c1cccs1. The summed E-state index contributed by atoms with van der Waals surface area (Å²) in [4.78, 5) is 16.5. The number of carboxylic acid groups (broad SMARTS) is 1. The Hall–Kier alpha value is -1.87. The van der Waals surface area contributed by atoms with E-state index in [0.717, 1.165) is 25.5 Å². The van der Waals surface area contributed by atoms with Gasteiger partial charge in [-0.1, -0.05) is 13.0 Å². The first-order valence-corrected chi connectivity index (χ1v) is 7.92. The van der Waals surface area contributed by atoms with Crippen LogP contribution in [0.3, 0.4) is 0 Å². The minimum absolute atomic E-state index is 0.0463. The number of alkyl halides is 3. The molecule has 0 saturated heterocycles. The standard InChI is InChI=1S/C13H9F3N2O2S2/c1-2-6-8(7-4-3-5-21-7)18-9(11(19)20)10(13(14,15)16)17-12(18)22-6/h3-5H,2H2,1H3,(H,19,20). The maximum absolute atomic E-state index is 13.0. The van der Waals surface area contributed by atoms with Gasteiger partial charge in [-0.3, -0.25) is 4.40 Å². The minimum Gasteiger partial charge on any atom is -0.476 e. The number of aromatic nitrogens is 2. The molecular formula is C13H9F3N2O2S2. The lowest BCUT2D eigenvalue weighted by molar-refractivity contribution is -0.141. The number of hydrogen-bond acceptors (Lipinski definition) is 4. The number of aryl methyl sites for hydroxylation is 1. The molecule has 0 radical (unpaired) electrons. The number of rotatable bonds is 3. The summed E-state index contributed by atoms with van der Waals surface area (Å²) in [5.41, 5.74) is -1.70. The molecule has 0 bridgehead atoms. The zero-order valence-corrected chi connectivity index (χ0v) is 12.8. The van der Waals surface area contributed by atoms with Crippen LogP contribution in [0.2, 0.25) is 0 Å². The molecule has 0 spiro atoms. The van der Waals surface area contributed by atoms with Gasteiger partial charge in [-0.25, -0.2) is 9.78 Å². The van der Waals surface area contributed by atoms with Crippen LogP contribution in [-0.4, -0.2) is 20.5 Å². The highest BCUT2D eigenvalue weighted by Gasteiger charge is 2.41. The fraction of sp³-hybridized carbons (Fsp3) is 0.231. The molecule has 3 heterocycles. The number of carbonyl (C=O) groups is 1. The van der Waals surface area contributed by atoms with Crippen LogP contribution in [-0.2, 0) is 12.6 Å². The van der Waals surface area contributed by atoms with Gasteiger partial charge >= 0.3 is 12.1 Å². The molecule has 0 unspecified atom stereocenters. The Morgan fingerprint density at radius 1 is 1.45 bits per heavy atom. The first-order valence-electron chi connectivity index (χ1n) is 6.23. The van der Waals surface area contributed by atoms with Gasteiger partial charge in [0.2, 0.25) is 0 Å². The Morgan fingerprint density at radius 2 is 2.18 bits per heavy atom.